The number of methoxy groups -OCH3 is 1. The average molecular weight is 499 g/mol. The first kappa shape index (κ1) is 23.9. The molecule has 2 aromatic heterocycles. The summed E-state index contributed by atoms with van der Waals surface area (Å²) in [6.45, 7) is 4.15. The molecular formula is C29H27ClN4O2. The van der Waals surface area contributed by atoms with E-state index in [2.05, 4.69) is 39.3 Å². The van der Waals surface area contributed by atoms with Crippen LogP contribution in [0.15, 0.2) is 61.1 Å². The Morgan fingerprint density at radius 2 is 1.67 bits per heavy atom. The number of carbonyl (C=O) groups is 1. The van der Waals surface area contributed by atoms with Gasteiger partial charge in [-0.1, -0.05) is 35.9 Å². The van der Waals surface area contributed by atoms with Crippen molar-refractivity contribution < 1.29 is 9.53 Å². The molecule has 0 radical (unpaired) electrons. The highest BCUT2D eigenvalue weighted by atomic mass is 35.5. The molecule has 1 aliphatic carbocycles. The third-order valence-electron chi connectivity index (χ3n) is 6.81. The van der Waals surface area contributed by atoms with Crippen LogP contribution in [-0.2, 0) is 12.8 Å². The van der Waals surface area contributed by atoms with Crippen LogP contribution in [-0.4, -0.2) is 34.0 Å². The summed E-state index contributed by atoms with van der Waals surface area (Å²) in [5.41, 5.74) is 9.35. The number of nitrogens with one attached hydrogen (secondary N) is 1. The Bertz CT molecular complexity index is 1420. The number of benzene rings is 2. The number of halogens is 1. The lowest BCUT2D eigenvalue weighted by molar-refractivity contribution is 0.0928. The van der Waals surface area contributed by atoms with Crippen LogP contribution in [0.2, 0.25) is 5.02 Å². The van der Waals surface area contributed by atoms with Crippen molar-refractivity contribution in [3.63, 3.8) is 0 Å². The van der Waals surface area contributed by atoms with E-state index in [0.29, 0.717) is 16.7 Å². The molecule has 36 heavy (non-hydrogen) atoms. The van der Waals surface area contributed by atoms with Gasteiger partial charge in [0.2, 0.25) is 0 Å². The van der Waals surface area contributed by atoms with Gasteiger partial charge in [0.25, 0.3) is 5.91 Å². The number of amides is 1. The Morgan fingerprint density at radius 1 is 0.917 bits per heavy atom. The minimum atomic E-state index is -0.162. The first-order chi connectivity index (χ1) is 17.4. The first-order valence-electron chi connectivity index (χ1n) is 11.9. The van der Waals surface area contributed by atoms with Crippen molar-refractivity contribution in [1.29, 1.82) is 0 Å². The van der Waals surface area contributed by atoms with Crippen molar-refractivity contribution in [2.24, 2.45) is 0 Å². The van der Waals surface area contributed by atoms with Gasteiger partial charge in [-0.15, -0.1) is 0 Å². The van der Waals surface area contributed by atoms with Crippen LogP contribution in [0.4, 0.5) is 0 Å². The van der Waals surface area contributed by atoms with Gasteiger partial charge >= 0.3 is 6.01 Å². The normalized spacial score (nSPS) is 14.7. The molecule has 0 unspecified atom stereocenters. The molecule has 4 aromatic rings. The Kier molecular flexibility index (Phi) is 6.70. The van der Waals surface area contributed by atoms with E-state index in [9.17, 15) is 4.79 Å². The molecule has 5 rings (SSSR count). The third kappa shape index (κ3) is 4.82. The molecule has 7 heteroatoms. The third-order valence-corrected chi connectivity index (χ3v) is 7.05. The lowest BCUT2D eigenvalue weighted by Gasteiger charge is -2.28. The number of rotatable bonds is 5. The van der Waals surface area contributed by atoms with Gasteiger partial charge in [0.05, 0.1) is 7.11 Å². The second-order valence-electron chi connectivity index (χ2n) is 9.15. The summed E-state index contributed by atoms with van der Waals surface area (Å²) in [4.78, 5) is 26.0. The van der Waals surface area contributed by atoms with Gasteiger partial charge in [0, 0.05) is 40.8 Å². The van der Waals surface area contributed by atoms with E-state index in [4.69, 9.17) is 16.3 Å². The first-order valence-corrected chi connectivity index (χ1v) is 12.3. The van der Waals surface area contributed by atoms with Crippen molar-refractivity contribution in [3.8, 4) is 28.3 Å². The number of fused-ring (bicyclic) bond motifs is 1. The van der Waals surface area contributed by atoms with Gasteiger partial charge in [0.15, 0.2) is 0 Å². The summed E-state index contributed by atoms with van der Waals surface area (Å²) in [6, 6.07) is 14.1. The Hall–Kier alpha value is -3.77. The maximum absolute atomic E-state index is 13.1. The topological polar surface area (TPSA) is 77.0 Å². The zero-order valence-electron chi connectivity index (χ0n) is 20.5. The van der Waals surface area contributed by atoms with E-state index < -0.39 is 0 Å². The summed E-state index contributed by atoms with van der Waals surface area (Å²) in [6.07, 6.45) is 7.84. The number of carbonyl (C=O) groups excluding carboxylic acids is 1. The van der Waals surface area contributed by atoms with E-state index in [1.165, 1.54) is 16.7 Å². The minimum absolute atomic E-state index is 0.0182. The van der Waals surface area contributed by atoms with Crippen molar-refractivity contribution >= 4 is 17.5 Å². The summed E-state index contributed by atoms with van der Waals surface area (Å²) >= 11 is 6.08. The lowest BCUT2D eigenvalue weighted by atomic mass is 9.81. The summed E-state index contributed by atoms with van der Waals surface area (Å²) < 4.78 is 5.10. The van der Waals surface area contributed by atoms with Crippen LogP contribution in [0.5, 0.6) is 6.01 Å². The molecular weight excluding hydrogens is 472 g/mol. The number of aromatic nitrogens is 3. The van der Waals surface area contributed by atoms with Gasteiger partial charge in [-0.3, -0.25) is 9.78 Å². The highest BCUT2D eigenvalue weighted by molar-refractivity contribution is 6.30. The largest absolute Gasteiger partial charge is 0.467 e. The summed E-state index contributed by atoms with van der Waals surface area (Å²) in [5.74, 6) is -0.162. The second kappa shape index (κ2) is 10.1. The Morgan fingerprint density at radius 3 is 2.36 bits per heavy atom. The molecule has 2 aromatic carbocycles. The Labute approximate surface area is 215 Å². The lowest BCUT2D eigenvalue weighted by Crippen LogP contribution is -2.39. The standard InChI is InChI=1S/C29H27ClN4O2/c1-17-4-8-25(20-15-32-29(36-3)33-16-20)26-13-22(7-10-24(17)26)34-28(35)27-11-5-19(14-31-27)23-9-6-21(30)12-18(23)2/h4-6,8-9,11-12,14-16,22H,7,10,13H2,1-3H3,(H,34,35)/t22-/m0/s1. The molecule has 1 atom stereocenters. The molecule has 0 saturated heterocycles. The minimum Gasteiger partial charge on any atom is -0.467 e. The molecule has 0 saturated carbocycles. The fraction of sp³-hybridized carbons (Fsp3) is 0.241. The predicted octanol–water partition coefficient (Wildman–Crippen LogP) is 5.77. The van der Waals surface area contributed by atoms with E-state index in [1.54, 1.807) is 31.8 Å². The van der Waals surface area contributed by atoms with Crippen LogP contribution in [0.3, 0.4) is 0 Å². The molecule has 1 N–H and O–H groups in total. The molecule has 0 bridgehead atoms. The van der Waals surface area contributed by atoms with Gasteiger partial charge in [0.1, 0.15) is 5.69 Å². The average Bonchev–Trinajstić information content (AvgIpc) is 2.89. The van der Waals surface area contributed by atoms with Gasteiger partial charge in [-0.25, -0.2) is 9.97 Å². The molecule has 0 aliphatic heterocycles. The van der Waals surface area contributed by atoms with Crippen LogP contribution in [0.25, 0.3) is 22.3 Å². The summed E-state index contributed by atoms with van der Waals surface area (Å²) in [7, 11) is 1.55. The highest BCUT2D eigenvalue weighted by Crippen LogP contribution is 2.34. The van der Waals surface area contributed by atoms with E-state index >= 15 is 0 Å². The van der Waals surface area contributed by atoms with Crippen molar-refractivity contribution in [1.82, 2.24) is 20.3 Å². The van der Waals surface area contributed by atoms with Gasteiger partial charge in [-0.2, -0.15) is 0 Å². The molecule has 0 spiro atoms. The van der Waals surface area contributed by atoms with Crippen LogP contribution < -0.4 is 10.1 Å². The monoisotopic (exact) mass is 498 g/mol. The maximum atomic E-state index is 13.1. The number of aryl methyl sites for hydroxylation is 2. The summed E-state index contributed by atoms with van der Waals surface area (Å²) in [5, 5.41) is 3.90. The van der Waals surface area contributed by atoms with Crippen molar-refractivity contribution in [2.75, 3.05) is 7.11 Å². The van der Waals surface area contributed by atoms with Gasteiger partial charge in [-0.05, 0) is 84.7 Å². The highest BCUT2D eigenvalue weighted by Gasteiger charge is 2.25. The van der Waals surface area contributed by atoms with Gasteiger partial charge < -0.3 is 10.1 Å². The van der Waals surface area contributed by atoms with Crippen LogP contribution in [0, 0.1) is 13.8 Å². The van der Waals surface area contributed by atoms with E-state index in [-0.39, 0.29) is 11.9 Å². The smallest absolute Gasteiger partial charge is 0.316 e. The number of hydrogen-bond donors (Lipinski definition) is 1. The fourth-order valence-electron chi connectivity index (χ4n) is 4.91. The SMILES string of the molecule is COc1ncc(-c2ccc(C)c3c2C[C@@H](NC(=O)c2ccc(-c4ccc(Cl)cc4C)cn2)CC3)cn1. The molecule has 6 nitrogen and oxygen atoms in total. The number of nitrogens with zero attached hydrogens (tertiary/aromatic N) is 3. The van der Waals surface area contributed by atoms with Crippen LogP contribution in [0.1, 0.15) is 39.2 Å². The van der Waals surface area contributed by atoms with E-state index in [0.717, 1.165) is 47.1 Å². The number of ether oxygens (including phenoxy) is 1. The molecule has 182 valence electrons. The zero-order valence-corrected chi connectivity index (χ0v) is 21.3. The quantitative estimate of drug-likeness (QED) is 0.378. The van der Waals surface area contributed by atoms with E-state index in [1.807, 2.05) is 31.2 Å². The number of pyridine rings is 1. The fourth-order valence-corrected chi connectivity index (χ4v) is 5.14. The zero-order chi connectivity index (χ0) is 25.2. The maximum Gasteiger partial charge on any atom is 0.316 e. The van der Waals surface area contributed by atoms with Crippen molar-refractivity contribution in [3.05, 3.63) is 94.0 Å². The molecule has 2 heterocycles. The predicted molar refractivity (Wildman–Crippen MR) is 141 cm³/mol. The second-order valence-corrected chi connectivity index (χ2v) is 9.59. The molecule has 1 aliphatic rings. The van der Waals surface area contributed by atoms with Crippen molar-refractivity contribution in [2.45, 2.75) is 39.2 Å². The number of hydrogen-bond acceptors (Lipinski definition) is 5. The Balaban J connectivity index is 1.34. The molecule has 1 amide bonds. The molecule has 0 fully saturated rings. The van der Waals surface area contributed by atoms with Crippen LogP contribution >= 0.6 is 11.6 Å².